The minimum atomic E-state index is -0.293. The molecule has 1 fully saturated rings. The number of carbonyl (C=O) groups is 1. The van der Waals surface area contributed by atoms with Crippen LogP contribution in [0.25, 0.3) is 0 Å². The van der Waals surface area contributed by atoms with Crippen LogP contribution in [0.5, 0.6) is 5.75 Å². The molecular formula is C17H15N5O3. The second-order valence-electron chi connectivity index (χ2n) is 5.02. The van der Waals surface area contributed by atoms with Crippen molar-refractivity contribution < 1.29 is 14.3 Å². The van der Waals surface area contributed by atoms with E-state index in [0.717, 1.165) is 0 Å². The molecule has 1 aliphatic heterocycles. The van der Waals surface area contributed by atoms with E-state index < -0.39 is 0 Å². The molecule has 25 heavy (non-hydrogen) atoms. The second kappa shape index (κ2) is 8.93. The molecule has 8 heteroatoms. The van der Waals surface area contributed by atoms with Crippen LogP contribution < -0.4 is 10.1 Å². The Hall–Kier alpha value is -3.54. The van der Waals surface area contributed by atoms with Gasteiger partial charge in [-0.1, -0.05) is 0 Å². The minimum absolute atomic E-state index is 0.0663. The fourth-order valence-corrected chi connectivity index (χ4v) is 2.11. The number of nitrogens with zero attached hydrogens (tertiary/aromatic N) is 4. The highest BCUT2D eigenvalue weighted by atomic mass is 16.5. The van der Waals surface area contributed by atoms with Crippen molar-refractivity contribution in [3.8, 4) is 24.0 Å². The van der Waals surface area contributed by atoms with Gasteiger partial charge in [-0.3, -0.25) is 4.79 Å². The Morgan fingerprint density at radius 3 is 2.32 bits per heavy atom. The van der Waals surface area contributed by atoms with E-state index >= 15 is 0 Å². The molecule has 1 aromatic carbocycles. The van der Waals surface area contributed by atoms with Crippen molar-refractivity contribution in [2.75, 3.05) is 38.2 Å². The van der Waals surface area contributed by atoms with Gasteiger partial charge < -0.3 is 19.7 Å². The summed E-state index contributed by atoms with van der Waals surface area (Å²) in [6.45, 7) is 2.13. The van der Waals surface area contributed by atoms with E-state index in [0.29, 0.717) is 37.7 Å². The van der Waals surface area contributed by atoms with Crippen LogP contribution in [0.2, 0.25) is 0 Å². The van der Waals surface area contributed by atoms with Crippen molar-refractivity contribution in [2.45, 2.75) is 0 Å². The van der Waals surface area contributed by atoms with Crippen LogP contribution in [0.1, 0.15) is 0 Å². The lowest BCUT2D eigenvalue weighted by atomic mass is 10.2. The number of allylic oxidation sites excluding steroid dienone is 2. The van der Waals surface area contributed by atoms with Crippen molar-refractivity contribution in [1.29, 1.82) is 15.8 Å². The fourth-order valence-electron chi connectivity index (χ4n) is 2.11. The number of nitrogens with one attached hydrogen (secondary N) is 1. The smallest absolute Gasteiger partial charge is 0.260 e. The van der Waals surface area contributed by atoms with Gasteiger partial charge in [0.25, 0.3) is 5.91 Å². The number of rotatable bonds is 5. The maximum atomic E-state index is 12.0. The quantitative estimate of drug-likeness (QED) is 0.800. The highest BCUT2D eigenvalue weighted by molar-refractivity contribution is 5.77. The monoisotopic (exact) mass is 337 g/mol. The average Bonchev–Trinajstić information content (AvgIpc) is 2.67. The molecule has 1 amide bonds. The van der Waals surface area contributed by atoms with Crippen molar-refractivity contribution in [3.05, 3.63) is 35.5 Å². The van der Waals surface area contributed by atoms with Gasteiger partial charge in [0, 0.05) is 18.8 Å². The van der Waals surface area contributed by atoms with Crippen molar-refractivity contribution in [2.24, 2.45) is 0 Å². The maximum Gasteiger partial charge on any atom is 0.260 e. The highest BCUT2D eigenvalue weighted by Crippen LogP contribution is 2.18. The Balaban J connectivity index is 1.93. The first-order valence-corrected chi connectivity index (χ1v) is 7.48. The van der Waals surface area contributed by atoms with Gasteiger partial charge in [0.15, 0.2) is 12.2 Å². The van der Waals surface area contributed by atoms with Gasteiger partial charge in [-0.05, 0) is 24.3 Å². The molecule has 0 atom stereocenters. The summed E-state index contributed by atoms with van der Waals surface area (Å²) in [4.78, 5) is 13.7. The number of amides is 1. The molecule has 126 valence electrons. The number of nitriles is 3. The first-order chi connectivity index (χ1) is 12.2. The highest BCUT2D eigenvalue weighted by Gasteiger charge is 2.17. The summed E-state index contributed by atoms with van der Waals surface area (Å²) in [5.41, 5.74) is 0.103. The Morgan fingerprint density at radius 2 is 1.76 bits per heavy atom. The van der Waals surface area contributed by atoms with E-state index in [1.54, 1.807) is 47.4 Å². The molecule has 0 aromatic heterocycles. The third kappa shape index (κ3) is 4.97. The van der Waals surface area contributed by atoms with E-state index in [9.17, 15) is 4.79 Å². The number of hydrogen-bond acceptors (Lipinski definition) is 7. The second-order valence-corrected chi connectivity index (χ2v) is 5.02. The number of anilines is 1. The molecule has 1 saturated heterocycles. The summed E-state index contributed by atoms with van der Waals surface area (Å²) in [5.74, 6) is 0.392. The molecule has 1 aliphatic rings. The molecule has 0 spiro atoms. The zero-order valence-corrected chi connectivity index (χ0v) is 13.4. The summed E-state index contributed by atoms with van der Waals surface area (Å²) in [5, 5.41) is 29.3. The lowest BCUT2D eigenvalue weighted by Crippen LogP contribution is -2.42. The summed E-state index contributed by atoms with van der Waals surface area (Å²) >= 11 is 0. The summed E-state index contributed by atoms with van der Waals surface area (Å²) in [7, 11) is 0. The van der Waals surface area contributed by atoms with Crippen molar-refractivity contribution >= 4 is 11.6 Å². The van der Waals surface area contributed by atoms with Crippen LogP contribution in [-0.4, -0.2) is 43.7 Å². The number of morpholine rings is 1. The van der Waals surface area contributed by atoms with E-state index in [2.05, 4.69) is 5.32 Å². The molecule has 0 aliphatic carbocycles. The summed E-state index contributed by atoms with van der Waals surface area (Å²) < 4.78 is 10.6. The SMILES string of the molecule is N#CC(C#N)=C(C#N)Nc1ccc(OCC(=O)N2CCOCC2)cc1. The first kappa shape index (κ1) is 17.8. The zero-order valence-electron chi connectivity index (χ0n) is 13.4. The summed E-state index contributed by atoms with van der Waals surface area (Å²) in [6, 6.07) is 11.6. The molecule has 0 saturated carbocycles. The zero-order chi connectivity index (χ0) is 18.1. The normalized spacial score (nSPS) is 12.9. The van der Waals surface area contributed by atoms with Crippen LogP contribution in [0.15, 0.2) is 35.5 Å². The van der Waals surface area contributed by atoms with Gasteiger partial charge in [0.2, 0.25) is 0 Å². The Bertz CT molecular complexity index is 758. The minimum Gasteiger partial charge on any atom is -0.484 e. The molecule has 0 bridgehead atoms. The lowest BCUT2D eigenvalue weighted by Gasteiger charge is -2.26. The molecule has 2 rings (SSSR count). The predicted molar refractivity (Wildman–Crippen MR) is 86.8 cm³/mol. The third-order valence-electron chi connectivity index (χ3n) is 3.44. The Labute approximate surface area is 145 Å². The number of benzene rings is 1. The third-order valence-corrected chi connectivity index (χ3v) is 3.44. The van der Waals surface area contributed by atoms with Crippen molar-refractivity contribution in [1.82, 2.24) is 4.90 Å². The molecule has 1 aromatic rings. The van der Waals surface area contributed by atoms with Gasteiger partial charge in [-0.15, -0.1) is 0 Å². The molecular weight excluding hydrogens is 322 g/mol. The topological polar surface area (TPSA) is 122 Å². The van der Waals surface area contributed by atoms with E-state index in [1.807, 2.05) is 0 Å². The number of ether oxygens (including phenoxy) is 2. The van der Waals surface area contributed by atoms with E-state index in [-0.39, 0.29) is 23.8 Å². The van der Waals surface area contributed by atoms with Crippen LogP contribution in [0.4, 0.5) is 5.69 Å². The molecule has 0 unspecified atom stereocenters. The lowest BCUT2D eigenvalue weighted by molar-refractivity contribution is -0.137. The number of hydrogen-bond donors (Lipinski definition) is 1. The standard InChI is InChI=1S/C17H15N5O3/c18-9-13(10-19)16(11-20)21-14-1-3-15(4-2-14)25-12-17(23)22-5-7-24-8-6-22/h1-4,21H,5-8,12H2. The predicted octanol–water partition coefficient (Wildman–Crippen LogP) is 1.16. The van der Waals surface area contributed by atoms with Gasteiger partial charge in [0.05, 0.1) is 13.2 Å². The Kier molecular flexibility index (Phi) is 6.36. The van der Waals surface area contributed by atoms with E-state index in [4.69, 9.17) is 25.3 Å². The van der Waals surface area contributed by atoms with Gasteiger partial charge in [0.1, 0.15) is 29.7 Å². The van der Waals surface area contributed by atoms with Crippen molar-refractivity contribution in [3.63, 3.8) is 0 Å². The van der Waals surface area contributed by atoms with E-state index in [1.165, 1.54) is 0 Å². The fraction of sp³-hybridized carbons (Fsp3) is 0.294. The van der Waals surface area contributed by atoms with Gasteiger partial charge in [-0.2, -0.15) is 15.8 Å². The molecule has 0 radical (unpaired) electrons. The first-order valence-electron chi connectivity index (χ1n) is 7.48. The van der Waals surface area contributed by atoms with Gasteiger partial charge in [-0.25, -0.2) is 0 Å². The molecule has 1 heterocycles. The van der Waals surface area contributed by atoms with Crippen LogP contribution in [-0.2, 0) is 9.53 Å². The van der Waals surface area contributed by atoms with Crippen LogP contribution >= 0.6 is 0 Å². The Morgan fingerprint density at radius 1 is 1.12 bits per heavy atom. The molecule has 1 N–H and O–H groups in total. The average molecular weight is 337 g/mol. The maximum absolute atomic E-state index is 12.0. The number of carbonyl (C=O) groups excluding carboxylic acids is 1. The molecule has 8 nitrogen and oxygen atoms in total. The largest absolute Gasteiger partial charge is 0.484 e. The van der Waals surface area contributed by atoms with Gasteiger partial charge >= 0.3 is 0 Å². The summed E-state index contributed by atoms with van der Waals surface area (Å²) in [6.07, 6.45) is 0. The van der Waals surface area contributed by atoms with Crippen LogP contribution in [0, 0.1) is 34.0 Å². The van der Waals surface area contributed by atoms with Crippen LogP contribution in [0.3, 0.4) is 0 Å².